The van der Waals surface area contributed by atoms with E-state index in [2.05, 4.69) is 6.08 Å². The minimum Gasteiger partial charge on any atom is -0.507 e. The number of imide groups is 1. The van der Waals surface area contributed by atoms with Crippen molar-refractivity contribution in [1.82, 2.24) is 9.80 Å². The number of carbonyl (C=O) groups is 3. The van der Waals surface area contributed by atoms with Crippen LogP contribution in [0.4, 0.5) is 9.59 Å². The van der Waals surface area contributed by atoms with Crippen molar-refractivity contribution in [3.05, 3.63) is 45.6 Å². The predicted molar refractivity (Wildman–Crippen MR) is 147 cm³/mol. The summed E-state index contributed by atoms with van der Waals surface area (Å²) >= 11 is 0. The van der Waals surface area contributed by atoms with Gasteiger partial charge < -0.3 is 24.6 Å². The molecule has 0 aliphatic rings. The zero-order valence-electron chi connectivity index (χ0n) is 24.1. The van der Waals surface area contributed by atoms with Gasteiger partial charge in [-0.05, 0) is 58.4 Å². The highest BCUT2D eigenvalue weighted by Crippen LogP contribution is 2.41. The fourth-order valence-corrected chi connectivity index (χ4v) is 4.12. The van der Waals surface area contributed by atoms with Gasteiger partial charge in [-0.3, -0.25) is 4.79 Å². The molecule has 0 bridgehead atoms. The second-order valence-corrected chi connectivity index (χ2v) is 9.70. The number of aromatic hydroxyl groups is 2. The highest BCUT2D eigenvalue weighted by atomic mass is 16.5. The molecule has 0 radical (unpaired) electrons. The third-order valence-corrected chi connectivity index (χ3v) is 6.39. The molecule has 0 heterocycles. The molecule has 0 unspecified atom stereocenters. The van der Waals surface area contributed by atoms with Gasteiger partial charge in [0, 0.05) is 25.2 Å². The summed E-state index contributed by atoms with van der Waals surface area (Å²) in [5.41, 5.74) is 3.08. The lowest BCUT2D eigenvalue weighted by Crippen LogP contribution is -2.34. The Morgan fingerprint density at radius 3 is 2.05 bits per heavy atom. The number of methoxy groups -OCH3 is 2. The van der Waals surface area contributed by atoms with Crippen molar-refractivity contribution in [3.63, 3.8) is 0 Å². The maximum Gasteiger partial charge on any atom is 0.416 e. The second kappa shape index (κ2) is 15.7. The van der Waals surface area contributed by atoms with Gasteiger partial charge in [-0.25, -0.2) is 14.5 Å². The molecule has 1 rings (SSSR count). The number of allylic oxidation sites excluding steroid dienone is 4. The maximum absolute atomic E-state index is 13.5. The summed E-state index contributed by atoms with van der Waals surface area (Å²) in [5.74, 6) is -1.32. The van der Waals surface area contributed by atoms with E-state index in [1.165, 1.54) is 31.7 Å². The van der Waals surface area contributed by atoms with E-state index < -0.39 is 18.1 Å². The molecule has 212 valence electrons. The number of phenols is 2. The standard InChI is InChI=1S/C29H44N2O7/c1-9-10-11-15-21-23(18-30(5)28(35)37-7)25(32)22(17-16-20(4)14-12-13-19(2)3)26(33)24(21)27(34)31(6)29(36)38-8/h13,16,32-33H,9-12,14-15,17-18H2,1-8H3/b20-16+. The van der Waals surface area contributed by atoms with Gasteiger partial charge in [-0.15, -0.1) is 0 Å². The molecule has 9 nitrogen and oxygen atoms in total. The molecule has 2 N–H and O–H groups in total. The van der Waals surface area contributed by atoms with Gasteiger partial charge >= 0.3 is 12.2 Å². The monoisotopic (exact) mass is 532 g/mol. The van der Waals surface area contributed by atoms with Crippen molar-refractivity contribution in [1.29, 1.82) is 0 Å². The fourth-order valence-electron chi connectivity index (χ4n) is 4.12. The SMILES string of the molecule is CCCCCc1c(CN(C)C(=O)OC)c(O)c(C/C=C(\C)CCC=C(C)C)c(O)c1C(=O)N(C)C(=O)OC. The van der Waals surface area contributed by atoms with Crippen molar-refractivity contribution >= 4 is 18.1 Å². The molecule has 0 fully saturated rings. The first kappa shape index (κ1) is 32.5. The van der Waals surface area contributed by atoms with Crippen molar-refractivity contribution in [2.45, 2.75) is 79.2 Å². The second-order valence-electron chi connectivity index (χ2n) is 9.70. The largest absolute Gasteiger partial charge is 0.507 e. The third kappa shape index (κ3) is 8.82. The van der Waals surface area contributed by atoms with Crippen molar-refractivity contribution < 1.29 is 34.1 Å². The van der Waals surface area contributed by atoms with E-state index in [1.54, 1.807) is 0 Å². The van der Waals surface area contributed by atoms with Crippen LogP contribution in [0, 0.1) is 0 Å². The first-order chi connectivity index (χ1) is 17.9. The normalized spacial score (nSPS) is 11.1. The lowest BCUT2D eigenvalue weighted by molar-refractivity contribution is 0.0747. The predicted octanol–water partition coefficient (Wildman–Crippen LogP) is 6.10. The number of carbonyl (C=O) groups excluding carboxylic acids is 3. The quantitative estimate of drug-likeness (QED) is 0.247. The van der Waals surface area contributed by atoms with E-state index in [0.29, 0.717) is 24.0 Å². The highest BCUT2D eigenvalue weighted by Gasteiger charge is 2.31. The lowest BCUT2D eigenvalue weighted by atomic mass is 9.88. The van der Waals surface area contributed by atoms with Gasteiger partial charge in [0.15, 0.2) is 0 Å². The summed E-state index contributed by atoms with van der Waals surface area (Å²) in [5, 5.41) is 22.7. The van der Waals surface area contributed by atoms with Crippen LogP contribution in [0.25, 0.3) is 0 Å². The Labute approximate surface area is 226 Å². The van der Waals surface area contributed by atoms with E-state index in [0.717, 1.165) is 43.3 Å². The van der Waals surface area contributed by atoms with Gasteiger partial charge in [0.25, 0.3) is 5.91 Å². The van der Waals surface area contributed by atoms with Crippen LogP contribution in [0.1, 0.15) is 86.8 Å². The molecule has 0 spiro atoms. The van der Waals surface area contributed by atoms with Crippen LogP contribution in [0.15, 0.2) is 23.3 Å². The van der Waals surface area contributed by atoms with Crippen LogP contribution in [0.2, 0.25) is 0 Å². The Hall–Kier alpha value is -3.49. The van der Waals surface area contributed by atoms with Crippen LogP contribution in [-0.4, -0.2) is 66.4 Å². The van der Waals surface area contributed by atoms with E-state index in [4.69, 9.17) is 9.47 Å². The van der Waals surface area contributed by atoms with Crippen molar-refractivity contribution in [3.8, 4) is 11.5 Å². The first-order valence-corrected chi connectivity index (χ1v) is 12.9. The molecular weight excluding hydrogens is 488 g/mol. The number of ether oxygens (including phenoxy) is 2. The molecule has 0 aliphatic carbocycles. The van der Waals surface area contributed by atoms with Gasteiger partial charge in [0.2, 0.25) is 0 Å². The number of hydrogen-bond donors (Lipinski definition) is 2. The van der Waals surface area contributed by atoms with E-state index in [9.17, 15) is 24.6 Å². The lowest BCUT2D eigenvalue weighted by Gasteiger charge is -2.25. The number of phenolic OH excluding ortho intramolecular Hbond substituents is 2. The summed E-state index contributed by atoms with van der Waals surface area (Å²) < 4.78 is 9.53. The summed E-state index contributed by atoms with van der Waals surface area (Å²) in [7, 11) is 5.20. The highest BCUT2D eigenvalue weighted by molar-refractivity contribution is 6.06. The molecule has 38 heavy (non-hydrogen) atoms. The molecule has 9 heteroatoms. The van der Waals surface area contributed by atoms with E-state index in [-0.39, 0.29) is 35.6 Å². The number of amides is 3. The molecular formula is C29H44N2O7. The average molecular weight is 533 g/mol. The summed E-state index contributed by atoms with van der Waals surface area (Å²) in [6.45, 7) is 8.02. The molecule has 1 aromatic rings. The van der Waals surface area contributed by atoms with Gasteiger partial charge in [0.05, 0.1) is 26.3 Å². The number of benzene rings is 1. The number of hydrogen-bond acceptors (Lipinski definition) is 7. The Bertz CT molecular complexity index is 1060. The van der Waals surface area contributed by atoms with Crippen LogP contribution in [-0.2, 0) is 28.9 Å². The summed E-state index contributed by atoms with van der Waals surface area (Å²) in [6.07, 6.45) is 7.15. The number of nitrogens with zero attached hydrogens (tertiary/aromatic N) is 2. The molecule has 0 aromatic heterocycles. The smallest absolute Gasteiger partial charge is 0.416 e. The molecule has 0 saturated heterocycles. The van der Waals surface area contributed by atoms with Crippen molar-refractivity contribution in [2.24, 2.45) is 0 Å². The van der Waals surface area contributed by atoms with E-state index in [1.807, 2.05) is 33.8 Å². The molecule has 1 aromatic carbocycles. The topological polar surface area (TPSA) is 117 Å². The average Bonchev–Trinajstić information content (AvgIpc) is 2.88. The Morgan fingerprint density at radius 2 is 1.50 bits per heavy atom. The molecule has 0 atom stereocenters. The summed E-state index contributed by atoms with van der Waals surface area (Å²) in [4.78, 5) is 39.9. The maximum atomic E-state index is 13.5. The van der Waals surface area contributed by atoms with Gasteiger partial charge in [-0.2, -0.15) is 0 Å². The zero-order valence-corrected chi connectivity index (χ0v) is 24.1. The van der Waals surface area contributed by atoms with Gasteiger partial charge in [0.1, 0.15) is 11.5 Å². The number of unbranched alkanes of at least 4 members (excludes halogenated alkanes) is 2. The zero-order chi connectivity index (χ0) is 29.0. The van der Waals surface area contributed by atoms with Crippen LogP contribution >= 0.6 is 0 Å². The molecule has 3 amide bonds. The van der Waals surface area contributed by atoms with Crippen LogP contribution in [0.3, 0.4) is 0 Å². The summed E-state index contributed by atoms with van der Waals surface area (Å²) in [6, 6.07) is 0. The Morgan fingerprint density at radius 1 is 0.868 bits per heavy atom. The van der Waals surface area contributed by atoms with Crippen LogP contribution < -0.4 is 0 Å². The van der Waals surface area contributed by atoms with E-state index >= 15 is 0 Å². The molecule has 0 aliphatic heterocycles. The molecule has 0 saturated carbocycles. The Kier molecular flexibility index (Phi) is 13.4. The number of rotatable bonds is 12. The minimum absolute atomic E-state index is 0.0568. The first-order valence-electron chi connectivity index (χ1n) is 12.9. The van der Waals surface area contributed by atoms with Crippen molar-refractivity contribution in [2.75, 3.05) is 28.3 Å². The minimum atomic E-state index is -0.883. The van der Waals surface area contributed by atoms with Gasteiger partial charge in [-0.1, -0.05) is 43.1 Å². The van der Waals surface area contributed by atoms with Crippen LogP contribution in [0.5, 0.6) is 11.5 Å². The fraction of sp³-hybridized carbons (Fsp3) is 0.552. The third-order valence-electron chi connectivity index (χ3n) is 6.39. The Balaban J connectivity index is 3.79.